The van der Waals surface area contributed by atoms with Crippen LogP contribution in [0.3, 0.4) is 0 Å². The number of halogens is 6. The van der Waals surface area contributed by atoms with Crippen molar-refractivity contribution in [1.29, 1.82) is 0 Å². The van der Waals surface area contributed by atoms with Crippen molar-refractivity contribution in [1.82, 2.24) is 0 Å². The summed E-state index contributed by atoms with van der Waals surface area (Å²) in [5.74, 6) is -11.5. The molecule has 0 rings (SSSR count). The summed E-state index contributed by atoms with van der Waals surface area (Å²) < 4.78 is 105. The molecule has 0 aromatic rings. The standard InChI is InChI=1S/C6H8F6O3S.K/c1-2-3-4(7,8)5(9,10)6(11,12)16(13,14)15;/h2-3H2,1H3,(H,13,14,15);/q;+1/p-1. The van der Waals surface area contributed by atoms with Crippen molar-refractivity contribution in [3.8, 4) is 0 Å². The molecule has 0 N–H and O–H groups in total. The van der Waals surface area contributed by atoms with E-state index in [1.54, 1.807) is 0 Å². The Hall–Kier alpha value is 1.13. The smallest absolute Gasteiger partial charge is 0.743 e. The normalized spacial score (nSPS) is 14.4. The number of hydrogen-bond donors (Lipinski definition) is 0. The van der Waals surface area contributed by atoms with E-state index in [2.05, 4.69) is 0 Å². The first-order chi connectivity index (χ1) is 6.81. The van der Waals surface area contributed by atoms with Crippen LogP contribution < -0.4 is 51.4 Å². The van der Waals surface area contributed by atoms with Crippen molar-refractivity contribution in [2.75, 3.05) is 0 Å². The van der Waals surface area contributed by atoms with Crippen LogP contribution in [0.5, 0.6) is 0 Å². The van der Waals surface area contributed by atoms with Gasteiger partial charge in [0.05, 0.1) is 0 Å². The van der Waals surface area contributed by atoms with Crippen LogP contribution in [0.2, 0.25) is 0 Å². The van der Waals surface area contributed by atoms with Crippen molar-refractivity contribution in [2.24, 2.45) is 0 Å². The Bertz CT molecular complexity index is 355. The van der Waals surface area contributed by atoms with E-state index in [0.29, 0.717) is 0 Å². The molecule has 0 aromatic heterocycles. The van der Waals surface area contributed by atoms with Crippen LogP contribution >= 0.6 is 0 Å². The molecule has 98 valence electrons. The van der Waals surface area contributed by atoms with Gasteiger partial charge in [-0.1, -0.05) is 13.3 Å². The summed E-state index contributed by atoms with van der Waals surface area (Å²) >= 11 is 0. The Morgan fingerprint density at radius 2 is 1.41 bits per heavy atom. The van der Waals surface area contributed by atoms with Crippen LogP contribution in [-0.2, 0) is 10.1 Å². The van der Waals surface area contributed by atoms with Gasteiger partial charge in [0.25, 0.3) is 0 Å². The Labute approximate surface area is 136 Å². The van der Waals surface area contributed by atoms with Gasteiger partial charge in [-0.2, -0.15) is 26.3 Å². The minimum Gasteiger partial charge on any atom is -0.743 e. The fraction of sp³-hybridized carbons (Fsp3) is 1.00. The molecule has 0 aliphatic carbocycles. The summed E-state index contributed by atoms with van der Waals surface area (Å²) in [4.78, 5) is 0. The quantitative estimate of drug-likeness (QED) is 0.379. The molecule has 0 aliphatic heterocycles. The maximum Gasteiger partial charge on any atom is 1.00 e. The summed E-state index contributed by atoms with van der Waals surface area (Å²) in [7, 11) is -6.87. The van der Waals surface area contributed by atoms with Gasteiger partial charge >= 0.3 is 68.5 Å². The fourth-order valence-corrected chi connectivity index (χ4v) is 1.30. The monoisotopic (exact) mass is 312 g/mol. The first kappa shape index (κ1) is 20.4. The molecule has 0 spiro atoms. The summed E-state index contributed by atoms with van der Waals surface area (Å²) in [5.41, 5.74) is 0. The van der Waals surface area contributed by atoms with E-state index in [9.17, 15) is 39.3 Å². The first-order valence-electron chi connectivity index (χ1n) is 3.90. The zero-order valence-electron chi connectivity index (χ0n) is 8.81. The van der Waals surface area contributed by atoms with E-state index in [4.69, 9.17) is 0 Å². The molecule has 3 nitrogen and oxygen atoms in total. The number of rotatable bonds is 5. The Morgan fingerprint density at radius 1 is 1.06 bits per heavy atom. The number of alkyl halides is 6. The molecule has 0 saturated heterocycles. The molecule has 0 atom stereocenters. The topological polar surface area (TPSA) is 57.2 Å². The molecule has 0 heterocycles. The molecule has 0 unspecified atom stereocenters. The summed E-state index contributed by atoms with van der Waals surface area (Å²) in [6.45, 7) is 1.01. The SMILES string of the molecule is CCCC(F)(F)C(F)(F)C(F)(F)S(=O)(=O)[O-].[K+]. The van der Waals surface area contributed by atoms with Crippen LogP contribution in [0.4, 0.5) is 26.3 Å². The Morgan fingerprint density at radius 3 is 1.65 bits per heavy atom. The molecule has 0 bridgehead atoms. The van der Waals surface area contributed by atoms with Gasteiger partial charge in [-0.25, -0.2) is 8.42 Å². The van der Waals surface area contributed by atoms with Crippen LogP contribution in [-0.4, -0.2) is 30.1 Å². The van der Waals surface area contributed by atoms with Crippen molar-refractivity contribution in [3.63, 3.8) is 0 Å². The minimum absolute atomic E-state index is 0. The Balaban J connectivity index is 0. The molecular formula is C6H7F6KO3S. The summed E-state index contributed by atoms with van der Waals surface area (Å²) in [5, 5.41) is -6.35. The van der Waals surface area contributed by atoms with E-state index >= 15 is 0 Å². The average Bonchev–Trinajstić information content (AvgIpc) is 2.01. The van der Waals surface area contributed by atoms with Gasteiger partial charge in [-0.15, -0.1) is 0 Å². The Kier molecular flexibility index (Phi) is 7.28. The van der Waals surface area contributed by atoms with E-state index in [1.807, 2.05) is 0 Å². The van der Waals surface area contributed by atoms with Gasteiger partial charge in [0.15, 0.2) is 10.1 Å². The van der Waals surface area contributed by atoms with Gasteiger partial charge in [-0.05, 0) is 0 Å². The van der Waals surface area contributed by atoms with Crippen molar-refractivity contribution < 1.29 is 90.7 Å². The van der Waals surface area contributed by atoms with Crippen molar-refractivity contribution >= 4 is 10.1 Å². The van der Waals surface area contributed by atoms with Gasteiger partial charge < -0.3 is 4.55 Å². The predicted molar refractivity (Wildman–Crippen MR) is 39.4 cm³/mol. The molecule has 17 heavy (non-hydrogen) atoms. The van der Waals surface area contributed by atoms with Gasteiger partial charge in [0.2, 0.25) is 0 Å². The van der Waals surface area contributed by atoms with Crippen LogP contribution in [0.15, 0.2) is 0 Å². The molecular weight excluding hydrogens is 305 g/mol. The van der Waals surface area contributed by atoms with Gasteiger partial charge in [-0.3, -0.25) is 0 Å². The van der Waals surface area contributed by atoms with Crippen molar-refractivity contribution in [2.45, 2.75) is 36.9 Å². The molecule has 0 amide bonds. The van der Waals surface area contributed by atoms with Crippen molar-refractivity contribution in [3.05, 3.63) is 0 Å². The van der Waals surface area contributed by atoms with E-state index in [1.165, 1.54) is 0 Å². The molecule has 0 aromatic carbocycles. The zero-order chi connectivity index (χ0) is 13.4. The second kappa shape index (κ2) is 6.05. The third-order valence-corrected chi connectivity index (χ3v) is 2.59. The summed E-state index contributed by atoms with van der Waals surface area (Å²) in [6.07, 6.45) is -2.25. The first-order valence-corrected chi connectivity index (χ1v) is 5.31. The fourth-order valence-electron chi connectivity index (χ4n) is 0.841. The van der Waals surface area contributed by atoms with Crippen LogP contribution in [0.25, 0.3) is 0 Å². The van der Waals surface area contributed by atoms with Gasteiger partial charge in [0.1, 0.15) is 0 Å². The molecule has 0 fully saturated rings. The summed E-state index contributed by atoms with van der Waals surface area (Å²) in [6, 6.07) is 0. The maximum absolute atomic E-state index is 12.6. The second-order valence-corrected chi connectivity index (χ2v) is 4.42. The molecule has 0 saturated carbocycles. The third kappa shape index (κ3) is 3.80. The van der Waals surface area contributed by atoms with Crippen LogP contribution in [0.1, 0.15) is 19.8 Å². The van der Waals surface area contributed by atoms with Crippen LogP contribution in [0, 0.1) is 0 Å². The van der Waals surface area contributed by atoms with Gasteiger partial charge in [0, 0.05) is 6.42 Å². The van der Waals surface area contributed by atoms with E-state index in [0.717, 1.165) is 6.92 Å². The van der Waals surface area contributed by atoms with E-state index < -0.39 is 40.1 Å². The third-order valence-electron chi connectivity index (χ3n) is 1.70. The minimum atomic E-state index is -6.87. The molecule has 0 radical (unpaired) electrons. The maximum atomic E-state index is 12.6. The number of hydrogen-bond acceptors (Lipinski definition) is 3. The predicted octanol–water partition coefficient (Wildman–Crippen LogP) is -0.801. The average molecular weight is 312 g/mol. The molecule has 0 aliphatic rings. The molecule has 11 heteroatoms. The second-order valence-electron chi connectivity index (χ2n) is 3.00. The zero-order valence-corrected chi connectivity index (χ0v) is 12.8. The van der Waals surface area contributed by atoms with E-state index in [-0.39, 0.29) is 51.4 Å². The largest absolute Gasteiger partial charge is 1.00 e.